The SMILES string of the molecule is O=C(Nc1cc(OCC(O)CO)ncn1)N1c2nc(-c3cccc(C(F)(F)F)c3)ncc2N2CCC[C@H]1C2. The van der Waals surface area contributed by atoms with Crippen molar-refractivity contribution in [2.45, 2.75) is 31.2 Å². The lowest BCUT2D eigenvalue weighted by Gasteiger charge is -2.45. The molecule has 38 heavy (non-hydrogen) atoms. The minimum absolute atomic E-state index is 0.0639. The fraction of sp³-hybridized carbons (Fsp3) is 0.375. The number of carbonyl (C=O) groups is 1. The van der Waals surface area contributed by atoms with E-state index in [1.807, 2.05) is 0 Å². The fourth-order valence-electron chi connectivity index (χ4n) is 4.45. The molecule has 0 spiro atoms. The van der Waals surface area contributed by atoms with Gasteiger partial charge in [-0.2, -0.15) is 13.2 Å². The second kappa shape index (κ2) is 10.4. The highest BCUT2D eigenvalue weighted by atomic mass is 19.4. The number of amides is 2. The molecule has 14 heteroatoms. The summed E-state index contributed by atoms with van der Waals surface area (Å²) in [4.78, 5) is 33.9. The Kier molecular flexibility index (Phi) is 6.99. The number of anilines is 3. The Bertz CT molecular complexity index is 1330. The van der Waals surface area contributed by atoms with Crippen LogP contribution in [-0.2, 0) is 6.18 Å². The van der Waals surface area contributed by atoms with Crippen molar-refractivity contribution in [2.24, 2.45) is 0 Å². The second-order valence-electron chi connectivity index (χ2n) is 8.91. The molecule has 0 saturated carbocycles. The van der Waals surface area contributed by atoms with Gasteiger partial charge in [-0.3, -0.25) is 10.2 Å². The van der Waals surface area contributed by atoms with Crippen molar-refractivity contribution in [1.29, 1.82) is 0 Å². The van der Waals surface area contributed by atoms with Crippen molar-refractivity contribution in [3.8, 4) is 17.3 Å². The molecular weight excluding hydrogens is 507 g/mol. The van der Waals surface area contributed by atoms with Crippen LogP contribution >= 0.6 is 0 Å². The number of ether oxygens (including phenoxy) is 1. The quantitative estimate of drug-likeness (QED) is 0.439. The van der Waals surface area contributed by atoms with Crippen molar-refractivity contribution in [1.82, 2.24) is 19.9 Å². The average molecular weight is 531 g/mol. The summed E-state index contributed by atoms with van der Waals surface area (Å²) in [5.74, 6) is 0.566. The molecule has 0 radical (unpaired) electrons. The van der Waals surface area contributed by atoms with Crippen LogP contribution in [-0.4, -0.2) is 74.6 Å². The number of hydrogen-bond donors (Lipinski definition) is 3. The highest BCUT2D eigenvalue weighted by Gasteiger charge is 2.39. The second-order valence-corrected chi connectivity index (χ2v) is 8.91. The predicted molar refractivity (Wildman–Crippen MR) is 130 cm³/mol. The van der Waals surface area contributed by atoms with Gasteiger partial charge in [-0.15, -0.1) is 0 Å². The molecule has 1 unspecified atom stereocenters. The molecule has 0 aliphatic carbocycles. The summed E-state index contributed by atoms with van der Waals surface area (Å²) in [5.41, 5.74) is -0.0345. The van der Waals surface area contributed by atoms with Crippen LogP contribution in [0, 0.1) is 0 Å². The third kappa shape index (κ3) is 5.31. The zero-order valence-corrected chi connectivity index (χ0v) is 20.0. The van der Waals surface area contributed by atoms with E-state index in [1.54, 1.807) is 0 Å². The summed E-state index contributed by atoms with van der Waals surface area (Å²) >= 11 is 0. The smallest absolute Gasteiger partial charge is 0.416 e. The molecule has 3 N–H and O–H groups in total. The number of piperidine rings is 1. The highest BCUT2D eigenvalue weighted by molar-refractivity contribution is 6.04. The number of nitrogens with zero attached hydrogens (tertiary/aromatic N) is 6. The minimum Gasteiger partial charge on any atom is -0.475 e. The van der Waals surface area contributed by atoms with Crippen molar-refractivity contribution >= 4 is 23.4 Å². The van der Waals surface area contributed by atoms with E-state index in [4.69, 9.17) is 9.84 Å². The van der Waals surface area contributed by atoms with Crippen LogP contribution in [0.3, 0.4) is 0 Å². The molecule has 1 fully saturated rings. The first-order valence-electron chi connectivity index (χ1n) is 11.9. The Hall–Kier alpha value is -4.04. The van der Waals surface area contributed by atoms with Crippen LogP contribution < -0.4 is 19.9 Å². The summed E-state index contributed by atoms with van der Waals surface area (Å²) in [6.07, 6.45) is -1.35. The number of benzene rings is 1. The van der Waals surface area contributed by atoms with Crippen LogP contribution in [0.25, 0.3) is 11.4 Å². The number of halogens is 3. The van der Waals surface area contributed by atoms with Gasteiger partial charge in [-0.1, -0.05) is 12.1 Å². The first kappa shape index (κ1) is 25.6. The van der Waals surface area contributed by atoms with Gasteiger partial charge < -0.3 is 19.8 Å². The molecule has 1 saturated heterocycles. The number of hydrogen-bond acceptors (Lipinski definition) is 9. The van der Waals surface area contributed by atoms with E-state index in [0.717, 1.165) is 25.1 Å². The molecule has 2 aliphatic heterocycles. The van der Waals surface area contributed by atoms with Crippen molar-refractivity contribution in [3.63, 3.8) is 0 Å². The number of rotatable bonds is 6. The number of aromatic nitrogens is 4. The number of urea groups is 1. The number of aliphatic hydroxyl groups excluding tert-OH is 2. The zero-order valence-electron chi connectivity index (χ0n) is 20.0. The molecule has 2 aromatic heterocycles. The molecule has 2 amide bonds. The minimum atomic E-state index is -4.52. The van der Waals surface area contributed by atoms with E-state index in [9.17, 15) is 23.1 Å². The predicted octanol–water partition coefficient (Wildman–Crippen LogP) is 2.71. The Labute approximate surface area is 214 Å². The summed E-state index contributed by atoms with van der Waals surface area (Å²) in [7, 11) is 0. The maximum absolute atomic E-state index is 13.5. The molecule has 2 atom stereocenters. The monoisotopic (exact) mass is 531 g/mol. The van der Waals surface area contributed by atoms with E-state index < -0.39 is 30.5 Å². The summed E-state index contributed by atoms with van der Waals surface area (Å²) in [6.45, 7) is 0.626. The fourth-order valence-corrected chi connectivity index (χ4v) is 4.45. The van der Waals surface area contributed by atoms with Crippen LogP contribution in [0.4, 0.5) is 35.3 Å². The van der Waals surface area contributed by atoms with Gasteiger partial charge in [-0.05, 0) is 25.0 Å². The summed E-state index contributed by atoms with van der Waals surface area (Å²) in [6, 6.07) is 5.34. The zero-order chi connectivity index (χ0) is 26.9. The molecule has 1 aromatic carbocycles. The Morgan fingerprint density at radius 3 is 2.87 bits per heavy atom. The summed E-state index contributed by atoms with van der Waals surface area (Å²) in [5, 5.41) is 21.1. The van der Waals surface area contributed by atoms with E-state index in [2.05, 4.69) is 30.2 Å². The van der Waals surface area contributed by atoms with Crippen LogP contribution in [0.1, 0.15) is 18.4 Å². The Balaban J connectivity index is 1.44. The molecule has 3 aromatic rings. The van der Waals surface area contributed by atoms with E-state index >= 15 is 0 Å². The standard InChI is InChI=1S/C24H24F3N7O4/c25-24(26,27)15-4-1-3-14(7-15)21-28-9-18-22(32-21)34(16-5-2-6-33(18)10-16)23(37)31-19-8-20(30-13-29-19)38-12-17(36)11-35/h1,3-4,7-9,13,16-17,35-36H,2,5-6,10-12H2,(H,29,30,31,37)/t16-,17?/m0/s1. The van der Waals surface area contributed by atoms with E-state index in [0.29, 0.717) is 18.7 Å². The molecule has 200 valence electrons. The van der Waals surface area contributed by atoms with Crippen LogP contribution in [0.15, 0.2) is 42.9 Å². The molecule has 2 aliphatic rings. The molecule has 4 heterocycles. The maximum Gasteiger partial charge on any atom is 0.416 e. The largest absolute Gasteiger partial charge is 0.475 e. The third-order valence-electron chi connectivity index (χ3n) is 6.26. The van der Waals surface area contributed by atoms with Gasteiger partial charge in [0.2, 0.25) is 5.88 Å². The number of fused-ring (bicyclic) bond motifs is 4. The van der Waals surface area contributed by atoms with Gasteiger partial charge in [-0.25, -0.2) is 24.7 Å². The van der Waals surface area contributed by atoms with Crippen LogP contribution in [0.2, 0.25) is 0 Å². The van der Waals surface area contributed by atoms with Crippen molar-refractivity contribution in [3.05, 3.63) is 48.4 Å². The number of nitrogens with one attached hydrogen (secondary N) is 1. The van der Waals surface area contributed by atoms with Crippen LogP contribution in [0.5, 0.6) is 5.88 Å². The summed E-state index contributed by atoms with van der Waals surface area (Å²) < 4.78 is 45.1. The molecule has 2 bridgehead atoms. The topological polar surface area (TPSA) is 137 Å². The number of aliphatic hydroxyl groups is 2. The molecule has 5 rings (SSSR count). The highest BCUT2D eigenvalue weighted by Crippen LogP contribution is 2.39. The van der Waals surface area contributed by atoms with Crippen molar-refractivity contribution in [2.75, 3.05) is 41.4 Å². The van der Waals surface area contributed by atoms with Gasteiger partial charge in [0.05, 0.1) is 30.1 Å². The van der Waals surface area contributed by atoms with Crippen molar-refractivity contribution < 1.29 is 32.9 Å². The van der Waals surface area contributed by atoms with E-state index in [1.165, 1.54) is 35.6 Å². The van der Waals surface area contributed by atoms with Gasteiger partial charge in [0.25, 0.3) is 0 Å². The average Bonchev–Trinajstić information content (AvgIpc) is 2.91. The third-order valence-corrected chi connectivity index (χ3v) is 6.26. The number of alkyl halides is 3. The maximum atomic E-state index is 13.5. The van der Waals surface area contributed by atoms with Gasteiger partial charge >= 0.3 is 12.2 Å². The lowest BCUT2D eigenvalue weighted by molar-refractivity contribution is -0.137. The normalized spacial score (nSPS) is 17.6. The first-order chi connectivity index (χ1) is 18.2. The lowest BCUT2D eigenvalue weighted by atomic mass is 10.0. The molecular formula is C24H24F3N7O4. The van der Waals surface area contributed by atoms with Gasteiger partial charge in [0.1, 0.15) is 24.9 Å². The number of carbonyl (C=O) groups excluding carboxylic acids is 1. The van der Waals surface area contributed by atoms with Gasteiger partial charge in [0, 0.05) is 24.7 Å². The first-order valence-corrected chi connectivity index (χ1v) is 11.9. The lowest BCUT2D eigenvalue weighted by Crippen LogP contribution is -2.56. The van der Waals surface area contributed by atoms with Gasteiger partial charge in [0.15, 0.2) is 11.6 Å². The molecule has 11 nitrogen and oxygen atoms in total. The Morgan fingerprint density at radius 1 is 1.24 bits per heavy atom. The Morgan fingerprint density at radius 2 is 2.08 bits per heavy atom. The van der Waals surface area contributed by atoms with E-state index in [-0.39, 0.29) is 41.6 Å².